The lowest BCUT2D eigenvalue weighted by atomic mass is 10.00. The molecule has 0 saturated heterocycles. The van der Waals surface area contributed by atoms with Gasteiger partial charge >= 0.3 is 6.18 Å². The molecule has 0 radical (unpaired) electrons. The number of carbonyl (C=O) groups excluding carboxylic acids is 1. The normalized spacial score (nSPS) is 12.6. The second kappa shape index (κ2) is 8.73. The standard InChI is InChI=1S/C22H22F3N3O2/c1-14(27-30-3)15-8-10-16(11-9-15)17-6-4-5-7-20(17)26-21(29)18-12-28(2)13-19(18)22(23,24)25/h4-14,27H,1-3H3,(H,26,29). The summed E-state index contributed by atoms with van der Waals surface area (Å²) in [5.41, 5.74) is 4.41. The van der Waals surface area contributed by atoms with Crippen LogP contribution in [0, 0.1) is 0 Å². The Hall–Kier alpha value is -3.10. The quantitative estimate of drug-likeness (QED) is 0.544. The molecule has 30 heavy (non-hydrogen) atoms. The van der Waals surface area contributed by atoms with E-state index in [1.54, 1.807) is 31.4 Å². The van der Waals surface area contributed by atoms with E-state index in [-0.39, 0.29) is 6.04 Å². The van der Waals surface area contributed by atoms with Gasteiger partial charge in [-0.1, -0.05) is 42.5 Å². The fraction of sp³-hybridized carbons (Fsp3) is 0.227. The fourth-order valence-corrected chi connectivity index (χ4v) is 3.22. The first-order valence-corrected chi connectivity index (χ1v) is 9.23. The summed E-state index contributed by atoms with van der Waals surface area (Å²) in [6, 6.07) is 14.6. The van der Waals surface area contributed by atoms with Crippen molar-refractivity contribution in [1.29, 1.82) is 0 Å². The van der Waals surface area contributed by atoms with Crippen molar-refractivity contribution in [3.05, 3.63) is 77.6 Å². The van der Waals surface area contributed by atoms with Crippen LogP contribution >= 0.6 is 0 Å². The molecule has 0 fully saturated rings. The van der Waals surface area contributed by atoms with Gasteiger partial charge in [-0.25, -0.2) is 0 Å². The van der Waals surface area contributed by atoms with Crippen molar-refractivity contribution >= 4 is 11.6 Å². The number of amides is 1. The zero-order valence-electron chi connectivity index (χ0n) is 16.7. The summed E-state index contributed by atoms with van der Waals surface area (Å²) in [7, 11) is 2.99. The molecule has 0 aliphatic carbocycles. The van der Waals surface area contributed by atoms with E-state index in [1.807, 2.05) is 31.2 Å². The molecule has 1 atom stereocenters. The Labute approximate surface area is 172 Å². The van der Waals surface area contributed by atoms with E-state index in [4.69, 9.17) is 4.84 Å². The molecule has 1 amide bonds. The molecule has 3 aromatic rings. The van der Waals surface area contributed by atoms with E-state index in [2.05, 4.69) is 10.8 Å². The van der Waals surface area contributed by atoms with Gasteiger partial charge in [0.15, 0.2) is 0 Å². The van der Waals surface area contributed by atoms with Crippen LogP contribution in [0.15, 0.2) is 60.9 Å². The van der Waals surface area contributed by atoms with E-state index in [9.17, 15) is 18.0 Å². The van der Waals surface area contributed by atoms with Crippen LogP contribution in [0.25, 0.3) is 11.1 Å². The van der Waals surface area contributed by atoms with Crippen LogP contribution in [0.5, 0.6) is 0 Å². The van der Waals surface area contributed by atoms with Crippen molar-refractivity contribution in [3.63, 3.8) is 0 Å². The molecule has 0 aliphatic rings. The Morgan fingerprint density at radius 3 is 2.37 bits per heavy atom. The Balaban J connectivity index is 1.89. The van der Waals surface area contributed by atoms with Gasteiger partial charge in [-0.2, -0.15) is 18.7 Å². The average molecular weight is 417 g/mol. The fourth-order valence-electron chi connectivity index (χ4n) is 3.22. The monoisotopic (exact) mass is 417 g/mol. The van der Waals surface area contributed by atoms with Gasteiger partial charge in [0.2, 0.25) is 0 Å². The van der Waals surface area contributed by atoms with Gasteiger partial charge in [0.1, 0.15) is 0 Å². The number of rotatable bonds is 6. The lowest BCUT2D eigenvalue weighted by Crippen LogP contribution is -2.17. The summed E-state index contributed by atoms with van der Waals surface area (Å²) in [4.78, 5) is 17.6. The Kier molecular flexibility index (Phi) is 6.28. The summed E-state index contributed by atoms with van der Waals surface area (Å²) in [5.74, 6) is -0.815. The number of hydrogen-bond donors (Lipinski definition) is 2. The molecular weight excluding hydrogens is 395 g/mol. The molecule has 158 valence electrons. The molecule has 8 heteroatoms. The zero-order valence-corrected chi connectivity index (χ0v) is 16.7. The smallest absolute Gasteiger partial charge is 0.356 e. The number of aryl methyl sites for hydroxylation is 1. The van der Waals surface area contributed by atoms with Crippen molar-refractivity contribution in [2.24, 2.45) is 7.05 Å². The topological polar surface area (TPSA) is 55.3 Å². The van der Waals surface area contributed by atoms with Gasteiger partial charge < -0.3 is 14.7 Å². The molecule has 2 N–H and O–H groups in total. The van der Waals surface area contributed by atoms with Gasteiger partial charge in [-0.3, -0.25) is 4.79 Å². The number of anilines is 1. The second-order valence-electron chi connectivity index (χ2n) is 6.91. The molecule has 0 saturated carbocycles. The summed E-state index contributed by atoms with van der Waals surface area (Å²) >= 11 is 0. The second-order valence-corrected chi connectivity index (χ2v) is 6.91. The average Bonchev–Trinajstić information content (AvgIpc) is 3.11. The van der Waals surface area contributed by atoms with Crippen molar-refractivity contribution in [3.8, 4) is 11.1 Å². The highest BCUT2D eigenvalue weighted by atomic mass is 19.4. The number of halogens is 3. The van der Waals surface area contributed by atoms with E-state index in [0.717, 1.165) is 17.3 Å². The molecule has 0 spiro atoms. The van der Waals surface area contributed by atoms with Crippen LogP contribution in [-0.2, 0) is 18.1 Å². The minimum atomic E-state index is -4.61. The highest BCUT2D eigenvalue weighted by molar-refractivity contribution is 6.07. The minimum absolute atomic E-state index is 0.0159. The molecule has 1 unspecified atom stereocenters. The van der Waals surface area contributed by atoms with Gasteiger partial charge in [-0.15, -0.1) is 0 Å². The maximum absolute atomic E-state index is 13.3. The lowest BCUT2D eigenvalue weighted by molar-refractivity contribution is -0.137. The van der Waals surface area contributed by atoms with Gasteiger partial charge in [0.05, 0.1) is 24.3 Å². The highest BCUT2D eigenvalue weighted by Crippen LogP contribution is 2.34. The number of carbonyl (C=O) groups is 1. The zero-order chi connectivity index (χ0) is 21.9. The molecule has 3 rings (SSSR count). The molecule has 5 nitrogen and oxygen atoms in total. The van der Waals surface area contributed by atoms with Crippen molar-refractivity contribution in [2.75, 3.05) is 12.4 Å². The van der Waals surface area contributed by atoms with Crippen LogP contribution in [0.3, 0.4) is 0 Å². The van der Waals surface area contributed by atoms with E-state index < -0.39 is 23.2 Å². The third kappa shape index (κ3) is 4.72. The lowest BCUT2D eigenvalue weighted by Gasteiger charge is -2.15. The minimum Gasteiger partial charge on any atom is -0.356 e. The molecule has 1 aromatic heterocycles. The molecule has 2 aromatic carbocycles. The SMILES string of the molecule is CONC(C)c1ccc(-c2ccccc2NC(=O)c2cn(C)cc2C(F)(F)F)cc1. The molecular formula is C22H22F3N3O2. The number of alkyl halides is 3. The highest BCUT2D eigenvalue weighted by Gasteiger charge is 2.36. The third-order valence-electron chi connectivity index (χ3n) is 4.70. The van der Waals surface area contributed by atoms with E-state index >= 15 is 0 Å². The van der Waals surface area contributed by atoms with Crippen molar-refractivity contribution < 1.29 is 22.8 Å². The number of nitrogens with zero attached hydrogens (tertiary/aromatic N) is 1. The first-order valence-electron chi connectivity index (χ1n) is 9.23. The van der Waals surface area contributed by atoms with Gasteiger partial charge in [0, 0.05) is 30.7 Å². The van der Waals surface area contributed by atoms with Crippen LogP contribution in [0.4, 0.5) is 18.9 Å². The number of benzene rings is 2. The Morgan fingerprint density at radius 2 is 1.73 bits per heavy atom. The Morgan fingerprint density at radius 1 is 1.07 bits per heavy atom. The van der Waals surface area contributed by atoms with E-state index in [1.165, 1.54) is 17.8 Å². The van der Waals surface area contributed by atoms with Crippen LogP contribution in [0.1, 0.15) is 34.5 Å². The number of para-hydroxylation sites is 1. The summed E-state index contributed by atoms with van der Waals surface area (Å²) in [6.45, 7) is 1.95. The van der Waals surface area contributed by atoms with Crippen LogP contribution in [0.2, 0.25) is 0 Å². The van der Waals surface area contributed by atoms with Gasteiger partial charge in [-0.05, 0) is 24.1 Å². The van der Waals surface area contributed by atoms with Crippen molar-refractivity contribution in [1.82, 2.24) is 10.0 Å². The summed E-state index contributed by atoms with van der Waals surface area (Å²) < 4.78 is 41.0. The predicted octanol–water partition coefficient (Wildman–Crippen LogP) is 5.18. The molecule has 0 aliphatic heterocycles. The molecule has 1 heterocycles. The maximum Gasteiger partial charge on any atom is 0.418 e. The van der Waals surface area contributed by atoms with Crippen LogP contribution in [-0.4, -0.2) is 17.6 Å². The number of aromatic nitrogens is 1. The maximum atomic E-state index is 13.3. The molecule has 0 bridgehead atoms. The number of hydroxylamine groups is 1. The van der Waals surface area contributed by atoms with Gasteiger partial charge in [0.25, 0.3) is 5.91 Å². The predicted molar refractivity (Wildman–Crippen MR) is 109 cm³/mol. The first kappa shape index (κ1) is 21.6. The summed E-state index contributed by atoms with van der Waals surface area (Å²) in [6.07, 6.45) is -2.55. The third-order valence-corrected chi connectivity index (χ3v) is 4.70. The largest absolute Gasteiger partial charge is 0.418 e. The number of hydrogen-bond acceptors (Lipinski definition) is 3. The summed E-state index contributed by atoms with van der Waals surface area (Å²) in [5, 5.41) is 2.62. The number of nitrogens with one attached hydrogen (secondary N) is 2. The Bertz CT molecular complexity index is 1030. The van der Waals surface area contributed by atoms with E-state index in [0.29, 0.717) is 11.3 Å². The van der Waals surface area contributed by atoms with Crippen molar-refractivity contribution in [2.45, 2.75) is 19.1 Å². The first-order chi connectivity index (χ1) is 14.2. The van der Waals surface area contributed by atoms with Crippen LogP contribution < -0.4 is 10.8 Å².